The fourth-order valence-corrected chi connectivity index (χ4v) is 5.40. The van der Waals surface area contributed by atoms with Gasteiger partial charge in [-0.05, 0) is 30.3 Å². The van der Waals surface area contributed by atoms with Gasteiger partial charge in [-0.1, -0.05) is 27.7 Å². The standard InChI is InChI=1S/C23H22BrN3O4S/c1-29-19-10-21(31-3)20(30-2)8-17(19)16-9-22(28)27-12-26(13-32-23(27)18(16)11-25)15-6-4-14(24)5-7-15/h4-8,10,16H,9,12-13H2,1-3H3/t16-/m1/s1. The number of halogens is 1. The summed E-state index contributed by atoms with van der Waals surface area (Å²) in [6, 6.07) is 13.9. The van der Waals surface area contributed by atoms with Crippen molar-refractivity contribution in [2.75, 3.05) is 38.8 Å². The highest BCUT2D eigenvalue weighted by Crippen LogP contribution is 2.47. The number of amides is 1. The van der Waals surface area contributed by atoms with Crippen LogP contribution >= 0.6 is 27.7 Å². The second-order valence-electron chi connectivity index (χ2n) is 7.29. The van der Waals surface area contributed by atoms with E-state index in [4.69, 9.17) is 14.2 Å². The van der Waals surface area contributed by atoms with Crippen molar-refractivity contribution in [2.45, 2.75) is 12.3 Å². The van der Waals surface area contributed by atoms with E-state index in [0.717, 1.165) is 15.7 Å². The van der Waals surface area contributed by atoms with E-state index in [2.05, 4.69) is 26.9 Å². The van der Waals surface area contributed by atoms with Gasteiger partial charge in [-0.2, -0.15) is 5.26 Å². The summed E-state index contributed by atoms with van der Waals surface area (Å²) in [5.74, 6) is 1.80. The molecule has 0 spiro atoms. The van der Waals surface area contributed by atoms with Crippen LogP contribution in [0.5, 0.6) is 17.2 Å². The molecule has 4 rings (SSSR count). The van der Waals surface area contributed by atoms with Crippen LogP contribution in [0.1, 0.15) is 17.9 Å². The minimum absolute atomic E-state index is 0.0323. The molecule has 2 aliphatic heterocycles. The molecular weight excluding hydrogens is 494 g/mol. The normalized spacial score (nSPS) is 18.2. The van der Waals surface area contributed by atoms with Crippen LogP contribution in [0.3, 0.4) is 0 Å². The molecule has 1 atom stereocenters. The van der Waals surface area contributed by atoms with Crippen molar-refractivity contribution in [2.24, 2.45) is 0 Å². The number of nitrogens with zero attached hydrogens (tertiary/aromatic N) is 3. The number of allylic oxidation sites excluding steroid dienone is 1. The first kappa shape index (κ1) is 22.4. The molecule has 0 aromatic heterocycles. The second kappa shape index (κ2) is 9.35. The first-order valence-electron chi connectivity index (χ1n) is 9.88. The Balaban J connectivity index is 1.72. The number of fused-ring (bicyclic) bond motifs is 1. The lowest BCUT2D eigenvalue weighted by Crippen LogP contribution is -2.47. The van der Waals surface area contributed by atoms with E-state index in [-0.39, 0.29) is 12.3 Å². The van der Waals surface area contributed by atoms with Crippen molar-refractivity contribution in [3.05, 3.63) is 57.0 Å². The van der Waals surface area contributed by atoms with E-state index in [1.54, 1.807) is 38.4 Å². The lowest BCUT2D eigenvalue weighted by molar-refractivity contribution is -0.129. The molecule has 2 aliphatic rings. The molecular formula is C23H22BrN3O4S. The van der Waals surface area contributed by atoms with Crippen LogP contribution in [0.4, 0.5) is 5.69 Å². The third kappa shape index (κ3) is 4.00. The van der Waals surface area contributed by atoms with Gasteiger partial charge in [0.1, 0.15) is 5.75 Å². The minimum atomic E-state index is -0.416. The highest BCUT2D eigenvalue weighted by atomic mass is 79.9. The molecule has 9 heteroatoms. The monoisotopic (exact) mass is 515 g/mol. The van der Waals surface area contributed by atoms with E-state index < -0.39 is 5.92 Å². The van der Waals surface area contributed by atoms with Crippen LogP contribution < -0.4 is 19.1 Å². The van der Waals surface area contributed by atoms with Crippen LogP contribution in [0.15, 0.2) is 51.5 Å². The molecule has 7 nitrogen and oxygen atoms in total. The Kier molecular flexibility index (Phi) is 6.53. The average molecular weight is 516 g/mol. The van der Waals surface area contributed by atoms with Crippen LogP contribution in [-0.2, 0) is 4.79 Å². The Morgan fingerprint density at radius 2 is 1.72 bits per heavy atom. The van der Waals surface area contributed by atoms with Gasteiger partial charge < -0.3 is 19.1 Å². The van der Waals surface area contributed by atoms with E-state index in [1.807, 2.05) is 24.3 Å². The van der Waals surface area contributed by atoms with Crippen molar-refractivity contribution in [1.82, 2.24) is 4.90 Å². The van der Waals surface area contributed by atoms with E-state index in [9.17, 15) is 10.1 Å². The maximum absolute atomic E-state index is 13.2. The number of carbonyl (C=O) groups excluding carboxylic acids is 1. The van der Waals surface area contributed by atoms with Gasteiger partial charge in [0, 0.05) is 34.1 Å². The maximum Gasteiger partial charge on any atom is 0.229 e. The summed E-state index contributed by atoms with van der Waals surface area (Å²) >= 11 is 4.95. The molecule has 0 radical (unpaired) electrons. The van der Waals surface area contributed by atoms with Crippen molar-refractivity contribution < 1.29 is 19.0 Å². The maximum atomic E-state index is 13.2. The summed E-state index contributed by atoms with van der Waals surface area (Å²) in [5, 5.41) is 10.8. The van der Waals surface area contributed by atoms with Crippen LogP contribution in [-0.4, -0.2) is 44.7 Å². The Hall–Kier alpha value is -2.83. The quantitative estimate of drug-likeness (QED) is 0.571. The van der Waals surface area contributed by atoms with Crippen LogP contribution in [0.2, 0.25) is 0 Å². The molecule has 0 saturated carbocycles. The molecule has 166 valence electrons. The Morgan fingerprint density at radius 3 is 2.34 bits per heavy atom. The lowest BCUT2D eigenvalue weighted by atomic mass is 9.85. The predicted octanol–water partition coefficient (Wildman–Crippen LogP) is 4.69. The summed E-state index contributed by atoms with van der Waals surface area (Å²) in [6.07, 6.45) is 0.174. The number of hydrogen-bond acceptors (Lipinski definition) is 7. The van der Waals surface area contributed by atoms with Crippen molar-refractivity contribution in [1.29, 1.82) is 5.26 Å². The largest absolute Gasteiger partial charge is 0.496 e. The Labute approximate surface area is 199 Å². The molecule has 0 N–H and O–H groups in total. The van der Waals surface area contributed by atoms with E-state index in [1.165, 1.54) is 11.8 Å². The number of methoxy groups -OCH3 is 3. The zero-order valence-corrected chi connectivity index (χ0v) is 20.3. The van der Waals surface area contributed by atoms with Crippen LogP contribution in [0, 0.1) is 11.3 Å². The second-order valence-corrected chi connectivity index (χ2v) is 9.14. The van der Waals surface area contributed by atoms with Gasteiger partial charge in [0.15, 0.2) is 11.5 Å². The fourth-order valence-electron chi connectivity index (χ4n) is 3.97. The number of rotatable bonds is 5. The zero-order valence-electron chi connectivity index (χ0n) is 17.9. The average Bonchev–Trinajstić information content (AvgIpc) is 2.83. The van der Waals surface area contributed by atoms with Gasteiger partial charge in [-0.25, -0.2) is 0 Å². The molecule has 0 aliphatic carbocycles. The minimum Gasteiger partial charge on any atom is -0.496 e. The molecule has 0 unspecified atom stereocenters. The van der Waals surface area contributed by atoms with Crippen LogP contribution in [0.25, 0.3) is 0 Å². The van der Waals surface area contributed by atoms with E-state index in [0.29, 0.717) is 40.4 Å². The number of ether oxygens (including phenoxy) is 3. The summed E-state index contributed by atoms with van der Waals surface area (Å²) in [5.41, 5.74) is 2.32. The highest BCUT2D eigenvalue weighted by Gasteiger charge is 2.39. The Morgan fingerprint density at radius 1 is 1.06 bits per heavy atom. The van der Waals surface area contributed by atoms with Gasteiger partial charge in [0.2, 0.25) is 5.91 Å². The first-order chi connectivity index (χ1) is 15.5. The number of thioether (sulfide) groups is 1. The number of hydrogen-bond donors (Lipinski definition) is 0. The molecule has 1 saturated heterocycles. The highest BCUT2D eigenvalue weighted by molar-refractivity contribution is 9.10. The molecule has 32 heavy (non-hydrogen) atoms. The predicted molar refractivity (Wildman–Crippen MR) is 127 cm³/mol. The summed E-state index contributed by atoms with van der Waals surface area (Å²) in [6.45, 7) is 0.407. The smallest absolute Gasteiger partial charge is 0.229 e. The lowest BCUT2D eigenvalue weighted by Gasteiger charge is -2.42. The number of nitriles is 1. The SMILES string of the molecule is COc1cc(OC)c([C@H]2CC(=O)N3CN(c4ccc(Br)cc4)CSC3=C2C#N)cc1OC. The van der Waals surface area contributed by atoms with Gasteiger partial charge in [-0.15, -0.1) is 0 Å². The summed E-state index contributed by atoms with van der Waals surface area (Å²) in [7, 11) is 4.67. The summed E-state index contributed by atoms with van der Waals surface area (Å²) in [4.78, 5) is 17.0. The van der Waals surface area contributed by atoms with Gasteiger partial charge in [-0.3, -0.25) is 9.69 Å². The Bertz CT molecular complexity index is 1110. The van der Waals surface area contributed by atoms with Gasteiger partial charge in [0.25, 0.3) is 0 Å². The van der Waals surface area contributed by atoms with Gasteiger partial charge in [0.05, 0.1) is 50.5 Å². The zero-order chi connectivity index (χ0) is 22.8. The fraction of sp³-hybridized carbons (Fsp3) is 0.304. The molecule has 2 aromatic carbocycles. The third-order valence-electron chi connectivity index (χ3n) is 5.60. The number of anilines is 1. The molecule has 2 aromatic rings. The number of carbonyl (C=O) groups is 1. The molecule has 1 amide bonds. The van der Waals surface area contributed by atoms with Gasteiger partial charge >= 0.3 is 0 Å². The molecule has 0 bridgehead atoms. The molecule has 2 heterocycles. The topological polar surface area (TPSA) is 75.0 Å². The third-order valence-corrected chi connectivity index (χ3v) is 7.28. The van der Waals surface area contributed by atoms with Crippen molar-refractivity contribution in [3.63, 3.8) is 0 Å². The van der Waals surface area contributed by atoms with Crippen molar-refractivity contribution in [3.8, 4) is 23.3 Å². The van der Waals surface area contributed by atoms with Crippen molar-refractivity contribution >= 4 is 39.3 Å². The summed E-state index contributed by atoms with van der Waals surface area (Å²) < 4.78 is 17.4. The molecule has 1 fully saturated rings. The first-order valence-corrected chi connectivity index (χ1v) is 11.7. The van der Waals surface area contributed by atoms with E-state index >= 15 is 0 Å². The number of benzene rings is 2.